The van der Waals surface area contributed by atoms with Gasteiger partial charge in [0.25, 0.3) is 5.56 Å². The molecule has 0 saturated heterocycles. The highest BCUT2D eigenvalue weighted by molar-refractivity contribution is 5.36. The van der Waals surface area contributed by atoms with E-state index in [0.29, 0.717) is 0 Å². The maximum atomic E-state index is 13.8. The zero-order chi connectivity index (χ0) is 17.6. The van der Waals surface area contributed by atoms with E-state index in [9.17, 15) is 9.18 Å². The van der Waals surface area contributed by atoms with Gasteiger partial charge in [-0.3, -0.25) is 4.79 Å². The summed E-state index contributed by atoms with van der Waals surface area (Å²) in [5.74, 6) is -0.0433. The average Bonchev–Trinajstić information content (AvgIpc) is 2.64. The van der Waals surface area contributed by atoms with E-state index in [0.717, 1.165) is 5.56 Å². The summed E-state index contributed by atoms with van der Waals surface area (Å²) in [5.41, 5.74) is 0.667. The molecule has 0 aliphatic rings. The number of aromatic nitrogens is 2. The summed E-state index contributed by atoms with van der Waals surface area (Å²) in [5, 5.41) is 3.10. The fraction of sp³-hybridized carbons (Fsp3) is 0.158. The zero-order valence-electron chi connectivity index (χ0n) is 13.7. The molecule has 0 amide bonds. The molecule has 0 radical (unpaired) electrons. The van der Waals surface area contributed by atoms with Crippen molar-refractivity contribution in [3.05, 3.63) is 88.7 Å². The van der Waals surface area contributed by atoms with Crippen LogP contribution in [-0.4, -0.2) is 16.2 Å². The number of anilines is 1. The molecule has 0 unspecified atom stereocenters. The van der Waals surface area contributed by atoms with Gasteiger partial charge in [-0.15, -0.1) is 0 Å². The van der Waals surface area contributed by atoms with Gasteiger partial charge in [0, 0.05) is 19.4 Å². The standard InChI is InChI=1S/C19H18FN3O2/c1-23-12-11-21-18(19(23)24)22-16(14-7-3-2-4-8-14)13-25-17-10-6-5-9-15(17)20/h2-12,16H,13H2,1H3,(H,21,22)/t16-/m0/s1. The lowest BCUT2D eigenvalue weighted by Gasteiger charge is -2.20. The average molecular weight is 339 g/mol. The largest absolute Gasteiger partial charge is 0.488 e. The van der Waals surface area contributed by atoms with Gasteiger partial charge in [-0.2, -0.15) is 0 Å². The number of nitrogens with one attached hydrogen (secondary N) is 1. The Bertz CT molecular complexity index is 896. The first-order chi connectivity index (χ1) is 12.1. The van der Waals surface area contributed by atoms with Crippen molar-refractivity contribution < 1.29 is 9.13 Å². The molecule has 0 aliphatic carbocycles. The molecule has 5 nitrogen and oxygen atoms in total. The molecule has 1 N–H and O–H groups in total. The molecule has 1 atom stereocenters. The van der Waals surface area contributed by atoms with Crippen LogP contribution in [0.5, 0.6) is 5.75 Å². The highest BCUT2D eigenvalue weighted by Crippen LogP contribution is 2.21. The van der Waals surface area contributed by atoms with E-state index in [4.69, 9.17) is 4.74 Å². The number of para-hydroxylation sites is 1. The smallest absolute Gasteiger partial charge is 0.293 e. The molecule has 0 bridgehead atoms. The number of rotatable bonds is 6. The van der Waals surface area contributed by atoms with Crippen LogP contribution in [0.4, 0.5) is 10.2 Å². The lowest BCUT2D eigenvalue weighted by molar-refractivity contribution is 0.284. The second-order valence-electron chi connectivity index (χ2n) is 5.54. The minimum Gasteiger partial charge on any atom is -0.488 e. The molecular formula is C19H18FN3O2. The van der Waals surface area contributed by atoms with Gasteiger partial charge in [0.15, 0.2) is 17.4 Å². The van der Waals surface area contributed by atoms with Crippen LogP contribution >= 0.6 is 0 Å². The molecule has 1 aromatic heterocycles. The topological polar surface area (TPSA) is 56.1 Å². The van der Waals surface area contributed by atoms with E-state index in [-0.39, 0.29) is 29.8 Å². The van der Waals surface area contributed by atoms with Crippen LogP contribution < -0.4 is 15.6 Å². The first-order valence-electron chi connectivity index (χ1n) is 7.85. The predicted octanol–water partition coefficient (Wildman–Crippen LogP) is 3.15. The Labute approximate surface area is 144 Å². The Hall–Kier alpha value is -3.15. The summed E-state index contributed by atoms with van der Waals surface area (Å²) >= 11 is 0. The Kier molecular flexibility index (Phi) is 5.09. The van der Waals surface area contributed by atoms with Crippen LogP contribution in [0.15, 0.2) is 71.8 Å². The van der Waals surface area contributed by atoms with Crippen LogP contribution in [0, 0.1) is 5.82 Å². The van der Waals surface area contributed by atoms with Gasteiger partial charge >= 0.3 is 0 Å². The normalized spacial score (nSPS) is 11.8. The van der Waals surface area contributed by atoms with Gasteiger partial charge in [0.05, 0.1) is 6.04 Å². The van der Waals surface area contributed by atoms with Crippen molar-refractivity contribution in [3.8, 4) is 5.75 Å². The fourth-order valence-electron chi connectivity index (χ4n) is 2.40. The van der Waals surface area contributed by atoms with E-state index < -0.39 is 5.82 Å². The van der Waals surface area contributed by atoms with Crippen LogP contribution in [0.2, 0.25) is 0 Å². The van der Waals surface area contributed by atoms with E-state index in [1.165, 1.54) is 10.6 Å². The third kappa shape index (κ3) is 4.03. The Morgan fingerprint density at radius 2 is 1.88 bits per heavy atom. The van der Waals surface area contributed by atoms with Crippen molar-refractivity contribution in [2.45, 2.75) is 6.04 Å². The van der Waals surface area contributed by atoms with E-state index >= 15 is 0 Å². The minimum absolute atomic E-state index is 0.144. The molecule has 3 rings (SSSR count). The van der Waals surface area contributed by atoms with Gasteiger partial charge < -0.3 is 14.6 Å². The van der Waals surface area contributed by atoms with Crippen LogP contribution in [-0.2, 0) is 7.05 Å². The molecule has 1 heterocycles. The molecule has 128 valence electrons. The molecule has 25 heavy (non-hydrogen) atoms. The minimum atomic E-state index is -0.428. The van der Waals surface area contributed by atoms with Crippen molar-refractivity contribution in [1.29, 1.82) is 0 Å². The fourth-order valence-corrected chi connectivity index (χ4v) is 2.40. The number of hydrogen-bond donors (Lipinski definition) is 1. The van der Waals surface area contributed by atoms with Crippen molar-refractivity contribution in [1.82, 2.24) is 9.55 Å². The number of hydrogen-bond acceptors (Lipinski definition) is 4. The monoisotopic (exact) mass is 339 g/mol. The number of nitrogens with zero attached hydrogens (tertiary/aromatic N) is 2. The Morgan fingerprint density at radius 1 is 1.16 bits per heavy atom. The maximum absolute atomic E-state index is 13.8. The van der Waals surface area contributed by atoms with Crippen molar-refractivity contribution in [3.63, 3.8) is 0 Å². The summed E-state index contributed by atoms with van der Waals surface area (Å²) < 4.78 is 20.8. The second kappa shape index (κ2) is 7.61. The Morgan fingerprint density at radius 3 is 2.64 bits per heavy atom. The van der Waals surface area contributed by atoms with Gasteiger partial charge in [0.1, 0.15) is 6.61 Å². The molecule has 3 aromatic rings. The molecule has 2 aromatic carbocycles. The first kappa shape index (κ1) is 16.7. The molecule has 6 heteroatoms. The maximum Gasteiger partial charge on any atom is 0.293 e. The first-order valence-corrected chi connectivity index (χ1v) is 7.85. The lowest BCUT2D eigenvalue weighted by atomic mass is 10.1. The SMILES string of the molecule is Cn1ccnc(N[C@@H](COc2ccccc2F)c2ccccc2)c1=O. The molecule has 0 saturated carbocycles. The van der Waals surface area contributed by atoms with Crippen LogP contribution in [0.1, 0.15) is 11.6 Å². The van der Waals surface area contributed by atoms with E-state index in [2.05, 4.69) is 10.3 Å². The van der Waals surface area contributed by atoms with E-state index in [1.807, 2.05) is 30.3 Å². The second-order valence-corrected chi connectivity index (χ2v) is 5.54. The Balaban J connectivity index is 1.84. The molecular weight excluding hydrogens is 321 g/mol. The summed E-state index contributed by atoms with van der Waals surface area (Å²) in [6.07, 6.45) is 3.13. The summed E-state index contributed by atoms with van der Waals surface area (Å²) in [6.45, 7) is 0.144. The van der Waals surface area contributed by atoms with Gasteiger partial charge in [0.2, 0.25) is 0 Å². The van der Waals surface area contributed by atoms with Gasteiger partial charge in [-0.1, -0.05) is 42.5 Å². The third-order valence-corrected chi connectivity index (χ3v) is 3.77. The van der Waals surface area contributed by atoms with Crippen molar-refractivity contribution in [2.24, 2.45) is 7.05 Å². The summed E-state index contributed by atoms with van der Waals surface area (Å²) in [4.78, 5) is 16.3. The highest BCUT2D eigenvalue weighted by Gasteiger charge is 2.16. The molecule has 0 spiro atoms. The zero-order valence-corrected chi connectivity index (χ0v) is 13.7. The van der Waals surface area contributed by atoms with Crippen molar-refractivity contribution in [2.75, 3.05) is 11.9 Å². The summed E-state index contributed by atoms with van der Waals surface area (Å²) in [6, 6.07) is 15.4. The van der Waals surface area contributed by atoms with Crippen molar-refractivity contribution >= 4 is 5.82 Å². The van der Waals surface area contributed by atoms with E-state index in [1.54, 1.807) is 37.6 Å². The number of aryl methyl sites for hydroxylation is 1. The molecule has 0 aliphatic heterocycles. The number of ether oxygens (including phenoxy) is 1. The van der Waals surface area contributed by atoms with Gasteiger partial charge in [-0.05, 0) is 17.7 Å². The molecule has 0 fully saturated rings. The predicted molar refractivity (Wildman–Crippen MR) is 94.2 cm³/mol. The highest BCUT2D eigenvalue weighted by atomic mass is 19.1. The van der Waals surface area contributed by atoms with Crippen LogP contribution in [0.3, 0.4) is 0 Å². The number of benzene rings is 2. The van der Waals surface area contributed by atoms with Crippen LogP contribution in [0.25, 0.3) is 0 Å². The lowest BCUT2D eigenvalue weighted by Crippen LogP contribution is -2.27. The van der Waals surface area contributed by atoms with Gasteiger partial charge in [-0.25, -0.2) is 9.37 Å². The number of halogens is 1. The quantitative estimate of drug-likeness (QED) is 0.749. The third-order valence-electron chi connectivity index (χ3n) is 3.77. The summed E-state index contributed by atoms with van der Waals surface area (Å²) in [7, 11) is 1.66.